The van der Waals surface area contributed by atoms with Crippen LogP contribution in [0.1, 0.15) is 11.1 Å². The Morgan fingerprint density at radius 2 is 1.70 bits per heavy atom. The Kier molecular flexibility index (Phi) is 4.39. The number of carboxylic acids is 1. The van der Waals surface area contributed by atoms with Crippen LogP contribution in [0.3, 0.4) is 0 Å². The molecular weight excluding hydrogens is 288 g/mol. The van der Waals surface area contributed by atoms with Gasteiger partial charge in [0.2, 0.25) is 0 Å². The standard InChI is InChI=1S/C20H16O3/c21-20(22)13-10-15-8-11-18(12-9-15)23-14-17-6-3-5-16-4-1-2-7-19(16)17/h1-13H,14H2,(H,21,22). The first-order chi connectivity index (χ1) is 11.2. The molecule has 0 aromatic heterocycles. The van der Waals surface area contributed by atoms with Gasteiger partial charge in [-0.3, -0.25) is 0 Å². The topological polar surface area (TPSA) is 46.5 Å². The zero-order valence-corrected chi connectivity index (χ0v) is 12.5. The summed E-state index contributed by atoms with van der Waals surface area (Å²) in [6.45, 7) is 0.492. The molecule has 0 aliphatic carbocycles. The molecule has 3 heteroatoms. The molecule has 3 aromatic rings. The van der Waals surface area contributed by atoms with Crippen LogP contribution in [0.4, 0.5) is 0 Å². The van der Waals surface area contributed by atoms with Gasteiger partial charge in [0.15, 0.2) is 0 Å². The van der Waals surface area contributed by atoms with E-state index in [0.717, 1.165) is 23.0 Å². The number of benzene rings is 3. The van der Waals surface area contributed by atoms with Crippen molar-refractivity contribution in [3.63, 3.8) is 0 Å². The Labute approximate surface area is 134 Å². The SMILES string of the molecule is O=C(O)C=Cc1ccc(OCc2cccc3ccccc23)cc1. The number of ether oxygens (including phenoxy) is 1. The van der Waals surface area contributed by atoms with E-state index in [2.05, 4.69) is 24.3 Å². The Morgan fingerprint density at radius 1 is 0.957 bits per heavy atom. The number of fused-ring (bicyclic) bond motifs is 1. The first-order valence-corrected chi connectivity index (χ1v) is 7.33. The van der Waals surface area contributed by atoms with Gasteiger partial charge in [0.05, 0.1) is 0 Å². The lowest BCUT2D eigenvalue weighted by atomic mass is 10.1. The summed E-state index contributed by atoms with van der Waals surface area (Å²) in [6.07, 6.45) is 2.67. The molecule has 0 radical (unpaired) electrons. The van der Waals surface area contributed by atoms with E-state index in [4.69, 9.17) is 9.84 Å². The molecule has 0 fully saturated rings. The van der Waals surface area contributed by atoms with Crippen LogP contribution in [-0.4, -0.2) is 11.1 Å². The van der Waals surface area contributed by atoms with Gasteiger partial charge in [-0.1, -0.05) is 54.6 Å². The van der Waals surface area contributed by atoms with Crippen molar-refractivity contribution in [1.29, 1.82) is 0 Å². The van der Waals surface area contributed by atoms with E-state index in [1.165, 1.54) is 10.8 Å². The molecule has 3 rings (SSSR count). The zero-order valence-electron chi connectivity index (χ0n) is 12.5. The molecule has 0 amide bonds. The van der Waals surface area contributed by atoms with Crippen LogP contribution in [0, 0.1) is 0 Å². The predicted octanol–water partition coefficient (Wildman–Crippen LogP) is 4.52. The van der Waals surface area contributed by atoms with Gasteiger partial charge in [0, 0.05) is 6.08 Å². The van der Waals surface area contributed by atoms with Crippen molar-refractivity contribution in [1.82, 2.24) is 0 Å². The minimum absolute atomic E-state index is 0.492. The Morgan fingerprint density at radius 3 is 2.48 bits per heavy atom. The van der Waals surface area contributed by atoms with E-state index < -0.39 is 5.97 Å². The van der Waals surface area contributed by atoms with Gasteiger partial charge in [-0.05, 0) is 40.1 Å². The highest BCUT2D eigenvalue weighted by molar-refractivity contribution is 5.86. The van der Waals surface area contributed by atoms with Gasteiger partial charge in [-0.25, -0.2) is 4.79 Å². The number of hydrogen-bond donors (Lipinski definition) is 1. The van der Waals surface area contributed by atoms with Gasteiger partial charge in [0.25, 0.3) is 0 Å². The summed E-state index contributed by atoms with van der Waals surface area (Å²) in [6, 6.07) is 21.7. The van der Waals surface area contributed by atoms with Crippen molar-refractivity contribution in [2.45, 2.75) is 6.61 Å². The van der Waals surface area contributed by atoms with Crippen LogP contribution < -0.4 is 4.74 Å². The van der Waals surface area contributed by atoms with Gasteiger partial charge in [-0.15, -0.1) is 0 Å². The third-order valence-electron chi connectivity index (χ3n) is 3.57. The van der Waals surface area contributed by atoms with E-state index in [9.17, 15) is 4.79 Å². The average Bonchev–Trinajstić information content (AvgIpc) is 2.59. The molecule has 0 unspecified atom stereocenters. The molecule has 0 aliphatic rings. The van der Waals surface area contributed by atoms with E-state index in [1.54, 1.807) is 6.08 Å². The van der Waals surface area contributed by atoms with E-state index in [-0.39, 0.29) is 0 Å². The van der Waals surface area contributed by atoms with Crippen molar-refractivity contribution in [2.75, 3.05) is 0 Å². The molecular formula is C20H16O3. The van der Waals surface area contributed by atoms with Crippen LogP contribution in [0.5, 0.6) is 5.75 Å². The summed E-state index contributed by atoms with van der Waals surface area (Å²) >= 11 is 0. The van der Waals surface area contributed by atoms with Crippen LogP contribution in [0.2, 0.25) is 0 Å². The monoisotopic (exact) mass is 304 g/mol. The molecule has 0 saturated heterocycles. The van der Waals surface area contributed by atoms with Crippen molar-refractivity contribution in [3.05, 3.63) is 83.9 Å². The van der Waals surface area contributed by atoms with Crippen molar-refractivity contribution < 1.29 is 14.6 Å². The second kappa shape index (κ2) is 6.79. The summed E-state index contributed by atoms with van der Waals surface area (Å²) in [5.74, 6) is -0.202. The lowest BCUT2D eigenvalue weighted by Crippen LogP contribution is -1.96. The molecule has 3 aromatic carbocycles. The van der Waals surface area contributed by atoms with E-state index in [1.807, 2.05) is 42.5 Å². The van der Waals surface area contributed by atoms with Crippen molar-refractivity contribution in [3.8, 4) is 5.75 Å². The predicted molar refractivity (Wildman–Crippen MR) is 91.4 cm³/mol. The molecule has 0 aliphatic heterocycles. The van der Waals surface area contributed by atoms with Crippen LogP contribution in [-0.2, 0) is 11.4 Å². The summed E-state index contributed by atoms with van der Waals surface area (Å²) in [7, 11) is 0. The smallest absolute Gasteiger partial charge is 0.328 e. The third kappa shape index (κ3) is 3.77. The minimum Gasteiger partial charge on any atom is -0.489 e. The molecule has 1 N–H and O–H groups in total. The molecule has 23 heavy (non-hydrogen) atoms. The Hall–Kier alpha value is -3.07. The highest BCUT2D eigenvalue weighted by Crippen LogP contribution is 2.21. The van der Waals surface area contributed by atoms with Gasteiger partial charge < -0.3 is 9.84 Å². The number of rotatable bonds is 5. The van der Waals surface area contributed by atoms with E-state index in [0.29, 0.717) is 6.61 Å². The minimum atomic E-state index is -0.957. The second-order valence-corrected chi connectivity index (χ2v) is 5.17. The molecule has 0 heterocycles. The lowest BCUT2D eigenvalue weighted by Gasteiger charge is -2.09. The summed E-state index contributed by atoms with van der Waals surface area (Å²) in [4.78, 5) is 10.5. The maximum absolute atomic E-state index is 10.5. The second-order valence-electron chi connectivity index (χ2n) is 5.17. The number of carbonyl (C=O) groups is 1. The molecule has 0 bridgehead atoms. The fourth-order valence-electron chi connectivity index (χ4n) is 2.42. The number of hydrogen-bond acceptors (Lipinski definition) is 2. The molecule has 0 atom stereocenters. The van der Waals surface area contributed by atoms with E-state index >= 15 is 0 Å². The number of aliphatic carboxylic acids is 1. The van der Waals surface area contributed by atoms with Gasteiger partial charge in [0.1, 0.15) is 12.4 Å². The number of carboxylic acid groups (broad SMARTS) is 1. The van der Waals surface area contributed by atoms with Crippen molar-refractivity contribution >= 4 is 22.8 Å². The fraction of sp³-hybridized carbons (Fsp3) is 0.0500. The average molecular weight is 304 g/mol. The largest absolute Gasteiger partial charge is 0.489 e. The van der Waals surface area contributed by atoms with Crippen LogP contribution >= 0.6 is 0 Å². The summed E-state index contributed by atoms with van der Waals surface area (Å²) in [5, 5.41) is 11.0. The third-order valence-corrected chi connectivity index (χ3v) is 3.57. The summed E-state index contributed by atoms with van der Waals surface area (Å²) < 4.78 is 5.84. The van der Waals surface area contributed by atoms with Gasteiger partial charge >= 0.3 is 5.97 Å². The molecule has 0 saturated carbocycles. The maximum atomic E-state index is 10.5. The Balaban J connectivity index is 1.71. The Bertz CT molecular complexity index is 843. The molecule has 114 valence electrons. The highest BCUT2D eigenvalue weighted by atomic mass is 16.5. The van der Waals surface area contributed by atoms with Crippen LogP contribution in [0.25, 0.3) is 16.8 Å². The maximum Gasteiger partial charge on any atom is 0.328 e. The van der Waals surface area contributed by atoms with Crippen LogP contribution in [0.15, 0.2) is 72.8 Å². The first-order valence-electron chi connectivity index (χ1n) is 7.33. The zero-order chi connectivity index (χ0) is 16.1. The molecule has 0 spiro atoms. The first kappa shape index (κ1) is 14.9. The normalized spacial score (nSPS) is 11.0. The summed E-state index contributed by atoms with van der Waals surface area (Å²) in [5.41, 5.74) is 1.96. The molecule has 3 nitrogen and oxygen atoms in total. The fourth-order valence-corrected chi connectivity index (χ4v) is 2.42. The quantitative estimate of drug-likeness (QED) is 0.705. The highest BCUT2D eigenvalue weighted by Gasteiger charge is 2.01. The lowest BCUT2D eigenvalue weighted by molar-refractivity contribution is -0.131. The van der Waals surface area contributed by atoms with Crippen molar-refractivity contribution in [2.24, 2.45) is 0 Å². The van der Waals surface area contributed by atoms with Gasteiger partial charge in [-0.2, -0.15) is 0 Å².